The molecule has 0 N–H and O–H groups in total. The molecule has 0 saturated heterocycles. The standard InChI is InChI=1S/C43H30.C42H26.C39H23N/c1-43(2)39-16-10-9-15-32(39)33-21-19-30(25-40(33)43)38-26-37(28-13-7-4-8-14-28)35-22-18-29-17-20-31(27-11-5-3-6-12-27)34-23-24-36(38)42(35)41(29)34;1-2-10-29(11-3-1)39-26-40(34-17-15-28-9-5-7-13-32(28)25-34)37-21-19-30-18-20-35(36-22-23-38(39)42(37)41(30)36)33-16-14-27-8-4-6-12-31(27)24-33;40-24-25-13-15-28(16-14-25)31-19-17-29-18-20-34-36(27-7-2-1-3-8-27)23-37(35-22-21-33(31)38(29)39(34)35)32-12-6-10-26-9-4-5-11-30(26)32/h3-26H,1-2H3;1-26H;1-23H. The fourth-order valence-electron chi connectivity index (χ4n) is 21.1. The summed E-state index contributed by atoms with van der Waals surface area (Å²) in [5.41, 5.74) is 28.7. The molecule has 25 aromatic rings. The lowest BCUT2D eigenvalue weighted by atomic mass is 9.80. The first kappa shape index (κ1) is 72.9. The smallest absolute Gasteiger partial charge is 0.0991 e. The second kappa shape index (κ2) is 29.4. The summed E-state index contributed by atoms with van der Waals surface area (Å²) in [5, 5.41) is 40.3. The van der Waals surface area contributed by atoms with Crippen LogP contribution in [0.25, 0.3) is 241 Å². The van der Waals surface area contributed by atoms with Gasteiger partial charge in [0.25, 0.3) is 0 Å². The number of fused-ring (bicyclic) bond motifs is 6. The Kier molecular flexibility index (Phi) is 17.1. The molecule has 1 heteroatoms. The van der Waals surface area contributed by atoms with Crippen molar-refractivity contribution in [2.75, 3.05) is 0 Å². The molecule has 0 aliphatic heterocycles. The van der Waals surface area contributed by atoms with Gasteiger partial charge in [0.15, 0.2) is 0 Å². The average molecular weight is 1580 g/mol. The minimum absolute atomic E-state index is 0.0431. The Bertz CT molecular complexity index is 8650. The molecule has 0 aromatic heterocycles. The molecule has 25 aromatic carbocycles. The third-order valence-electron chi connectivity index (χ3n) is 27.1. The molecule has 125 heavy (non-hydrogen) atoms. The third-order valence-corrected chi connectivity index (χ3v) is 27.1. The number of rotatable bonds is 9. The van der Waals surface area contributed by atoms with Crippen molar-refractivity contribution in [3.05, 3.63) is 460 Å². The van der Waals surface area contributed by atoms with E-state index in [4.69, 9.17) is 0 Å². The molecule has 580 valence electrons. The van der Waals surface area contributed by atoms with Gasteiger partial charge < -0.3 is 0 Å². The molecular weight excluding hydrogens is 1500 g/mol. The van der Waals surface area contributed by atoms with Crippen LogP contribution < -0.4 is 0 Å². The van der Waals surface area contributed by atoms with Crippen LogP contribution in [0.5, 0.6) is 0 Å². The number of nitrogens with zero attached hydrogens (tertiary/aromatic N) is 1. The highest BCUT2D eigenvalue weighted by Crippen LogP contribution is 2.54. The lowest BCUT2D eigenvalue weighted by Gasteiger charge is -2.23. The predicted octanol–water partition coefficient (Wildman–Crippen LogP) is 34.4. The summed E-state index contributed by atoms with van der Waals surface area (Å²) in [7, 11) is 0. The Morgan fingerprint density at radius 3 is 0.920 bits per heavy atom. The van der Waals surface area contributed by atoms with Crippen molar-refractivity contribution in [3.8, 4) is 117 Å². The summed E-state index contributed by atoms with van der Waals surface area (Å²) in [5.74, 6) is 0. The minimum atomic E-state index is -0.0431. The van der Waals surface area contributed by atoms with E-state index in [0.29, 0.717) is 5.56 Å². The highest BCUT2D eigenvalue weighted by Gasteiger charge is 2.36. The van der Waals surface area contributed by atoms with Crippen LogP contribution in [0.15, 0.2) is 443 Å². The lowest BCUT2D eigenvalue weighted by molar-refractivity contribution is 0.660. The Balaban J connectivity index is 0.000000105. The summed E-state index contributed by atoms with van der Waals surface area (Å²) >= 11 is 0. The van der Waals surface area contributed by atoms with Crippen LogP contribution in [0.3, 0.4) is 0 Å². The van der Waals surface area contributed by atoms with E-state index in [1.165, 1.54) is 246 Å². The third kappa shape index (κ3) is 12.0. The van der Waals surface area contributed by atoms with Crippen molar-refractivity contribution in [1.29, 1.82) is 5.26 Å². The Morgan fingerprint density at radius 2 is 0.448 bits per heavy atom. The van der Waals surface area contributed by atoms with E-state index in [0.717, 1.165) is 5.56 Å². The lowest BCUT2D eigenvalue weighted by Crippen LogP contribution is -2.14. The maximum absolute atomic E-state index is 9.31. The highest BCUT2D eigenvalue weighted by molar-refractivity contribution is 6.34. The topological polar surface area (TPSA) is 23.8 Å². The van der Waals surface area contributed by atoms with Gasteiger partial charge in [-0.05, 0) is 300 Å². The zero-order chi connectivity index (χ0) is 83.0. The van der Waals surface area contributed by atoms with Crippen LogP contribution in [0.2, 0.25) is 0 Å². The molecule has 0 heterocycles. The largest absolute Gasteiger partial charge is 0.192 e. The van der Waals surface area contributed by atoms with E-state index in [1.807, 2.05) is 12.1 Å². The van der Waals surface area contributed by atoms with Gasteiger partial charge in [-0.15, -0.1) is 0 Å². The summed E-state index contributed by atoms with van der Waals surface area (Å²) in [6.07, 6.45) is 0. The van der Waals surface area contributed by atoms with E-state index in [-0.39, 0.29) is 5.41 Å². The minimum Gasteiger partial charge on any atom is -0.192 e. The van der Waals surface area contributed by atoms with Gasteiger partial charge in [-0.1, -0.05) is 408 Å². The first-order chi connectivity index (χ1) is 61.7. The SMILES string of the molecule is CC1(C)c2ccccc2-c2ccc(-c3cc(-c4ccccc4)c4ccc5ccc(-c6ccccc6)c6ccc3c4c56)cc21.N#Cc1ccc(-c2ccc3ccc4c(-c5ccccc5)cc(-c5cccc6ccccc56)c5ccc2c3c45)cc1.c1ccc(-c2cc(-c3ccc4ccccc4c3)c3ccc4ccc(-c5ccc6ccccc6c5)c5ccc2c3c45)cc1. The summed E-state index contributed by atoms with van der Waals surface area (Å²) < 4.78 is 0. The van der Waals surface area contributed by atoms with Crippen LogP contribution in [0.1, 0.15) is 30.5 Å². The van der Waals surface area contributed by atoms with Crippen LogP contribution in [-0.4, -0.2) is 0 Å². The van der Waals surface area contributed by atoms with Crippen molar-refractivity contribution in [1.82, 2.24) is 0 Å². The summed E-state index contributed by atoms with van der Waals surface area (Å²) in [4.78, 5) is 0. The number of hydrogen-bond donors (Lipinski definition) is 0. The predicted molar refractivity (Wildman–Crippen MR) is 534 cm³/mol. The van der Waals surface area contributed by atoms with Crippen molar-refractivity contribution in [2.24, 2.45) is 0 Å². The molecule has 0 spiro atoms. The zero-order valence-corrected chi connectivity index (χ0v) is 69.1. The van der Waals surface area contributed by atoms with Crippen LogP contribution in [-0.2, 0) is 5.41 Å². The molecular formula is C124H79N. The first-order valence-corrected chi connectivity index (χ1v) is 43.4. The fraction of sp³-hybridized carbons (Fsp3) is 0.0242. The van der Waals surface area contributed by atoms with Gasteiger partial charge in [0, 0.05) is 5.41 Å². The van der Waals surface area contributed by atoms with E-state index < -0.39 is 0 Å². The molecule has 26 rings (SSSR count). The number of benzene rings is 25. The molecule has 0 fully saturated rings. The highest BCUT2D eigenvalue weighted by atomic mass is 14.4. The Morgan fingerprint density at radius 1 is 0.160 bits per heavy atom. The van der Waals surface area contributed by atoms with E-state index in [1.54, 1.807) is 0 Å². The van der Waals surface area contributed by atoms with E-state index >= 15 is 0 Å². The summed E-state index contributed by atoms with van der Waals surface area (Å²) in [6.45, 7) is 4.73. The maximum Gasteiger partial charge on any atom is 0.0991 e. The normalized spacial score (nSPS) is 12.3. The van der Waals surface area contributed by atoms with Gasteiger partial charge in [0.05, 0.1) is 11.6 Å². The molecule has 0 unspecified atom stereocenters. The molecule has 0 bridgehead atoms. The van der Waals surface area contributed by atoms with Gasteiger partial charge in [0.1, 0.15) is 0 Å². The van der Waals surface area contributed by atoms with Gasteiger partial charge in [0.2, 0.25) is 0 Å². The quantitative estimate of drug-likeness (QED) is 0.132. The molecule has 0 amide bonds. The van der Waals surface area contributed by atoms with E-state index in [9.17, 15) is 5.26 Å². The Labute approximate surface area is 725 Å². The van der Waals surface area contributed by atoms with Crippen molar-refractivity contribution in [3.63, 3.8) is 0 Å². The molecule has 0 atom stereocenters. The fourth-order valence-corrected chi connectivity index (χ4v) is 21.1. The molecule has 0 radical (unpaired) electrons. The number of nitriles is 1. The second-order valence-corrected chi connectivity index (χ2v) is 34.2. The van der Waals surface area contributed by atoms with Crippen LogP contribution >= 0.6 is 0 Å². The number of hydrogen-bond acceptors (Lipinski definition) is 1. The van der Waals surface area contributed by atoms with Crippen molar-refractivity contribution < 1.29 is 0 Å². The monoisotopic (exact) mass is 1580 g/mol. The zero-order valence-electron chi connectivity index (χ0n) is 69.1. The van der Waals surface area contributed by atoms with Gasteiger partial charge in [-0.3, -0.25) is 0 Å². The molecule has 1 aliphatic carbocycles. The van der Waals surface area contributed by atoms with Crippen molar-refractivity contribution in [2.45, 2.75) is 19.3 Å². The van der Waals surface area contributed by atoms with Gasteiger partial charge in [-0.2, -0.15) is 5.26 Å². The Hall–Kier alpha value is -16.1. The average Bonchev–Trinajstić information content (AvgIpc) is 1.25. The second-order valence-electron chi connectivity index (χ2n) is 34.2. The molecule has 1 aliphatic rings. The van der Waals surface area contributed by atoms with Crippen molar-refractivity contribution >= 4 is 129 Å². The summed E-state index contributed by atoms with van der Waals surface area (Å²) in [6, 6.07) is 164. The maximum atomic E-state index is 9.31. The molecule has 0 saturated carbocycles. The first-order valence-electron chi connectivity index (χ1n) is 43.4. The van der Waals surface area contributed by atoms with E-state index in [2.05, 4.69) is 451 Å². The van der Waals surface area contributed by atoms with Crippen LogP contribution in [0.4, 0.5) is 0 Å². The van der Waals surface area contributed by atoms with Gasteiger partial charge in [-0.25, -0.2) is 0 Å². The van der Waals surface area contributed by atoms with Gasteiger partial charge >= 0.3 is 0 Å². The van der Waals surface area contributed by atoms with Crippen LogP contribution in [0, 0.1) is 11.3 Å². The molecule has 1 nitrogen and oxygen atoms in total.